The van der Waals surface area contributed by atoms with Crippen molar-refractivity contribution in [3.05, 3.63) is 0 Å². The molecule has 0 aliphatic carbocycles. The number of rotatable bonds is 6. The van der Waals surface area contributed by atoms with Crippen molar-refractivity contribution < 1.29 is 4.74 Å². The van der Waals surface area contributed by atoms with Crippen molar-refractivity contribution in [2.24, 2.45) is 11.7 Å². The minimum atomic E-state index is 0.500. The van der Waals surface area contributed by atoms with Gasteiger partial charge in [-0.1, -0.05) is 6.92 Å². The van der Waals surface area contributed by atoms with Crippen LogP contribution in [0.2, 0.25) is 0 Å². The van der Waals surface area contributed by atoms with Crippen LogP contribution in [0.3, 0.4) is 0 Å². The molecule has 2 N–H and O–H groups in total. The van der Waals surface area contributed by atoms with Crippen molar-refractivity contribution in [2.75, 3.05) is 26.3 Å². The van der Waals surface area contributed by atoms with Crippen LogP contribution in [0.1, 0.15) is 40.0 Å². The lowest BCUT2D eigenvalue weighted by Crippen LogP contribution is -2.51. The summed E-state index contributed by atoms with van der Waals surface area (Å²) < 4.78 is 5.59. The Kier molecular flexibility index (Phi) is 6.32. The van der Waals surface area contributed by atoms with Crippen molar-refractivity contribution >= 4 is 0 Å². The van der Waals surface area contributed by atoms with Gasteiger partial charge in [-0.05, 0) is 45.6 Å². The fourth-order valence-corrected chi connectivity index (χ4v) is 2.73. The van der Waals surface area contributed by atoms with Gasteiger partial charge in [-0.3, -0.25) is 4.90 Å². The monoisotopic (exact) mass is 228 g/mol. The Balaban J connectivity index is 2.60. The lowest BCUT2D eigenvalue weighted by molar-refractivity contribution is 0.00290. The van der Waals surface area contributed by atoms with Gasteiger partial charge in [0.1, 0.15) is 0 Å². The van der Waals surface area contributed by atoms with Crippen molar-refractivity contribution in [1.29, 1.82) is 0 Å². The Bertz CT molecular complexity index is 179. The van der Waals surface area contributed by atoms with E-state index in [4.69, 9.17) is 10.5 Å². The number of ether oxygens (including phenoxy) is 1. The maximum atomic E-state index is 5.98. The molecule has 3 nitrogen and oxygen atoms in total. The van der Waals surface area contributed by atoms with Crippen LogP contribution in [0, 0.1) is 5.92 Å². The largest absolute Gasteiger partial charge is 0.381 e. The average Bonchev–Trinajstić information content (AvgIpc) is 2.30. The predicted molar refractivity (Wildman–Crippen MR) is 68.5 cm³/mol. The van der Waals surface area contributed by atoms with Crippen LogP contribution in [-0.2, 0) is 4.74 Å². The summed E-state index contributed by atoms with van der Waals surface area (Å²) in [4.78, 5) is 2.55. The van der Waals surface area contributed by atoms with Gasteiger partial charge in [-0.15, -0.1) is 0 Å². The molecule has 0 amide bonds. The van der Waals surface area contributed by atoms with Crippen molar-refractivity contribution in [1.82, 2.24) is 4.90 Å². The van der Waals surface area contributed by atoms with E-state index in [2.05, 4.69) is 25.7 Å². The summed E-state index contributed by atoms with van der Waals surface area (Å²) in [6.45, 7) is 10.5. The van der Waals surface area contributed by atoms with Gasteiger partial charge >= 0.3 is 0 Å². The van der Waals surface area contributed by atoms with Crippen molar-refractivity contribution in [3.63, 3.8) is 0 Å². The molecule has 1 heterocycles. The molecule has 0 aromatic heterocycles. The molecule has 0 radical (unpaired) electrons. The summed E-state index contributed by atoms with van der Waals surface area (Å²) in [7, 11) is 0. The fourth-order valence-electron chi connectivity index (χ4n) is 2.73. The minimum Gasteiger partial charge on any atom is -0.381 e. The summed E-state index contributed by atoms with van der Waals surface area (Å²) in [5.41, 5.74) is 5.98. The highest BCUT2D eigenvalue weighted by Crippen LogP contribution is 2.22. The maximum Gasteiger partial charge on any atom is 0.0509 e. The highest BCUT2D eigenvalue weighted by atomic mass is 16.5. The Morgan fingerprint density at radius 3 is 2.62 bits per heavy atom. The van der Waals surface area contributed by atoms with E-state index in [1.165, 1.54) is 19.3 Å². The Hall–Kier alpha value is -0.120. The van der Waals surface area contributed by atoms with Gasteiger partial charge in [-0.25, -0.2) is 0 Å². The van der Waals surface area contributed by atoms with Crippen LogP contribution in [0.25, 0.3) is 0 Å². The smallest absolute Gasteiger partial charge is 0.0509 e. The third-order valence-corrected chi connectivity index (χ3v) is 3.55. The zero-order valence-corrected chi connectivity index (χ0v) is 11.1. The Morgan fingerprint density at radius 1 is 1.44 bits per heavy atom. The van der Waals surface area contributed by atoms with Gasteiger partial charge in [0, 0.05) is 25.2 Å². The molecule has 2 atom stereocenters. The van der Waals surface area contributed by atoms with Gasteiger partial charge < -0.3 is 10.5 Å². The Labute approximate surface area is 100 Å². The van der Waals surface area contributed by atoms with E-state index in [1.54, 1.807) is 0 Å². The zero-order valence-electron chi connectivity index (χ0n) is 11.1. The van der Waals surface area contributed by atoms with Gasteiger partial charge in [0.25, 0.3) is 0 Å². The van der Waals surface area contributed by atoms with E-state index in [1.807, 2.05) is 0 Å². The number of nitrogens with two attached hydrogens (primary N) is 1. The molecule has 1 aliphatic heterocycles. The SMILES string of the molecule is CCCN(C(C)C)C(CN)C1CCCOC1. The highest BCUT2D eigenvalue weighted by Gasteiger charge is 2.29. The van der Waals surface area contributed by atoms with E-state index >= 15 is 0 Å². The lowest BCUT2D eigenvalue weighted by Gasteiger charge is -2.40. The molecule has 0 saturated carbocycles. The first-order valence-corrected chi connectivity index (χ1v) is 6.74. The van der Waals surface area contributed by atoms with Gasteiger partial charge in [0.15, 0.2) is 0 Å². The quantitative estimate of drug-likeness (QED) is 0.754. The number of nitrogens with zero attached hydrogens (tertiary/aromatic N) is 1. The molecule has 1 saturated heterocycles. The van der Waals surface area contributed by atoms with Crippen LogP contribution < -0.4 is 5.73 Å². The highest BCUT2D eigenvalue weighted by molar-refractivity contribution is 4.83. The van der Waals surface area contributed by atoms with Crippen molar-refractivity contribution in [3.8, 4) is 0 Å². The standard InChI is InChI=1S/C13H28N2O/c1-4-7-15(11(2)3)13(9-14)12-6-5-8-16-10-12/h11-13H,4-10,14H2,1-3H3. The zero-order chi connectivity index (χ0) is 12.0. The summed E-state index contributed by atoms with van der Waals surface area (Å²) >= 11 is 0. The number of hydrogen-bond acceptors (Lipinski definition) is 3. The summed E-state index contributed by atoms with van der Waals surface area (Å²) in [6, 6.07) is 1.08. The summed E-state index contributed by atoms with van der Waals surface area (Å²) in [5.74, 6) is 0.632. The molecular weight excluding hydrogens is 200 g/mol. The number of hydrogen-bond donors (Lipinski definition) is 1. The molecule has 0 aromatic carbocycles. The van der Waals surface area contributed by atoms with Crippen LogP contribution in [-0.4, -0.2) is 43.3 Å². The first-order chi connectivity index (χ1) is 7.70. The van der Waals surface area contributed by atoms with Crippen LogP contribution in [0.4, 0.5) is 0 Å². The molecule has 0 spiro atoms. The van der Waals surface area contributed by atoms with Gasteiger partial charge in [0.05, 0.1) is 6.61 Å². The predicted octanol–water partition coefficient (Wildman–Crippen LogP) is 1.86. The third kappa shape index (κ3) is 3.72. The molecule has 96 valence electrons. The first kappa shape index (κ1) is 13.9. The molecule has 3 heteroatoms. The van der Waals surface area contributed by atoms with Crippen LogP contribution >= 0.6 is 0 Å². The van der Waals surface area contributed by atoms with E-state index < -0.39 is 0 Å². The molecule has 1 aliphatic rings. The fraction of sp³-hybridized carbons (Fsp3) is 1.00. The molecule has 2 unspecified atom stereocenters. The first-order valence-electron chi connectivity index (χ1n) is 6.74. The van der Waals surface area contributed by atoms with Gasteiger partial charge in [0.2, 0.25) is 0 Å². The Morgan fingerprint density at radius 2 is 2.19 bits per heavy atom. The third-order valence-electron chi connectivity index (χ3n) is 3.55. The maximum absolute atomic E-state index is 5.98. The lowest BCUT2D eigenvalue weighted by atomic mass is 9.91. The van der Waals surface area contributed by atoms with Crippen molar-refractivity contribution in [2.45, 2.75) is 52.1 Å². The second kappa shape index (κ2) is 7.25. The van der Waals surface area contributed by atoms with E-state index in [-0.39, 0.29) is 0 Å². The summed E-state index contributed by atoms with van der Waals surface area (Å²) in [5, 5.41) is 0. The molecule has 0 bridgehead atoms. The van der Waals surface area contributed by atoms with Crippen LogP contribution in [0.15, 0.2) is 0 Å². The molecule has 16 heavy (non-hydrogen) atoms. The second-order valence-electron chi connectivity index (χ2n) is 5.11. The topological polar surface area (TPSA) is 38.5 Å². The molecule has 1 rings (SSSR count). The second-order valence-corrected chi connectivity index (χ2v) is 5.11. The molecule has 1 fully saturated rings. The van der Waals surface area contributed by atoms with E-state index in [0.29, 0.717) is 18.0 Å². The van der Waals surface area contributed by atoms with E-state index in [0.717, 1.165) is 26.3 Å². The minimum absolute atomic E-state index is 0.500. The summed E-state index contributed by atoms with van der Waals surface area (Å²) in [6.07, 6.45) is 3.66. The van der Waals surface area contributed by atoms with Gasteiger partial charge in [-0.2, -0.15) is 0 Å². The normalized spacial score (nSPS) is 24.0. The van der Waals surface area contributed by atoms with E-state index in [9.17, 15) is 0 Å². The van der Waals surface area contributed by atoms with Crippen LogP contribution in [0.5, 0.6) is 0 Å². The molecule has 0 aromatic rings. The average molecular weight is 228 g/mol. The molecular formula is C13H28N2O.